The lowest BCUT2D eigenvalue weighted by Gasteiger charge is -2.15. The van der Waals surface area contributed by atoms with Crippen LogP contribution in [-0.4, -0.2) is 21.6 Å². The number of methoxy groups -OCH3 is 1. The molecule has 24 heavy (non-hydrogen) atoms. The minimum absolute atomic E-state index is 0.0326. The van der Waals surface area contributed by atoms with Crippen molar-refractivity contribution in [1.29, 1.82) is 0 Å². The van der Waals surface area contributed by atoms with E-state index in [2.05, 4.69) is 4.72 Å². The van der Waals surface area contributed by atoms with Crippen LogP contribution >= 0.6 is 0 Å². The Morgan fingerprint density at radius 1 is 1.12 bits per heavy atom. The van der Waals surface area contributed by atoms with Gasteiger partial charge < -0.3 is 9.47 Å². The first-order valence-electron chi connectivity index (χ1n) is 7.70. The Kier molecular flexibility index (Phi) is 5.85. The fraction of sp³-hybridized carbons (Fsp3) is 0.333. The quantitative estimate of drug-likeness (QED) is 0.827. The topological polar surface area (TPSA) is 64.6 Å². The number of nitrogens with one attached hydrogen (secondary N) is 1. The second kappa shape index (κ2) is 7.68. The summed E-state index contributed by atoms with van der Waals surface area (Å²) in [4.78, 5) is 0.198. The third kappa shape index (κ3) is 4.49. The molecular formula is C18H23NO4S. The second-order valence-corrected chi connectivity index (χ2v) is 7.47. The molecule has 0 fully saturated rings. The first-order chi connectivity index (χ1) is 11.3. The van der Waals surface area contributed by atoms with Crippen LogP contribution in [0.15, 0.2) is 47.4 Å². The van der Waals surface area contributed by atoms with Crippen molar-refractivity contribution in [3.63, 3.8) is 0 Å². The van der Waals surface area contributed by atoms with Crippen molar-refractivity contribution < 1.29 is 17.9 Å². The van der Waals surface area contributed by atoms with E-state index in [-0.39, 0.29) is 11.0 Å². The Hall–Kier alpha value is -2.05. The number of aryl methyl sites for hydroxylation is 1. The molecule has 2 aromatic rings. The summed E-state index contributed by atoms with van der Waals surface area (Å²) < 4.78 is 38.7. The summed E-state index contributed by atoms with van der Waals surface area (Å²) in [5, 5.41) is 0. The average molecular weight is 349 g/mol. The molecule has 0 bridgehead atoms. The Bertz CT molecular complexity index is 800. The van der Waals surface area contributed by atoms with E-state index >= 15 is 0 Å². The summed E-state index contributed by atoms with van der Waals surface area (Å²) in [7, 11) is -2.11. The molecule has 0 aliphatic carbocycles. The van der Waals surface area contributed by atoms with Crippen LogP contribution in [0.3, 0.4) is 0 Å². The molecule has 0 atom stereocenters. The van der Waals surface area contributed by atoms with Crippen molar-refractivity contribution in [2.45, 2.75) is 38.4 Å². The molecule has 0 amide bonds. The molecule has 0 radical (unpaired) electrons. The summed E-state index contributed by atoms with van der Waals surface area (Å²) in [5.74, 6) is 0.684. The summed E-state index contributed by atoms with van der Waals surface area (Å²) in [6, 6.07) is 12.0. The molecular weight excluding hydrogens is 326 g/mol. The summed E-state index contributed by atoms with van der Waals surface area (Å²) in [6.07, 6.45) is 0.0326. The normalized spacial score (nSPS) is 11.5. The van der Waals surface area contributed by atoms with Gasteiger partial charge in [0.25, 0.3) is 10.0 Å². The summed E-state index contributed by atoms with van der Waals surface area (Å²) >= 11 is 0. The number of ether oxygens (including phenoxy) is 2. The fourth-order valence-corrected chi connectivity index (χ4v) is 3.47. The Morgan fingerprint density at radius 2 is 1.83 bits per heavy atom. The molecule has 0 saturated carbocycles. The number of sulfonamides is 1. The van der Waals surface area contributed by atoms with Crippen LogP contribution in [0.25, 0.3) is 0 Å². The van der Waals surface area contributed by atoms with Crippen LogP contribution in [0, 0.1) is 6.92 Å². The van der Waals surface area contributed by atoms with Gasteiger partial charge >= 0.3 is 0 Å². The predicted octanol–water partition coefficient (Wildman–Crippen LogP) is 3.73. The second-order valence-electron chi connectivity index (χ2n) is 5.79. The van der Waals surface area contributed by atoms with E-state index in [9.17, 15) is 8.42 Å². The molecule has 130 valence electrons. The highest BCUT2D eigenvalue weighted by molar-refractivity contribution is 7.92. The minimum Gasteiger partial charge on any atom is -0.491 e. The standard InChI is InChI=1S/C18H23NO4S/c1-13(2)23-18-10-9-16(11-14(18)3)24(20,21)19-17-8-6-5-7-15(17)12-22-4/h5-11,13,19H,12H2,1-4H3. The third-order valence-corrected chi connectivity index (χ3v) is 4.74. The van der Waals surface area contributed by atoms with E-state index < -0.39 is 10.0 Å². The lowest BCUT2D eigenvalue weighted by Crippen LogP contribution is -2.15. The molecule has 0 unspecified atom stereocenters. The van der Waals surface area contributed by atoms with Gasteiger partial charge in [-0.2, -0.15) is 0 Å². The Balaban J connectivity index is 2.30. The SMILES string of the molecule is COCc1ccccc1NS(=O)(=O)c1ccc(OC(C)C)c(C)c1. The lowest BCUT2D eigenvalue weighted by atomic mass is 10.2. The molecule has 6 heteroatoms. The van der Waals surface area contributed by atoms with Crippen molar-refractivity contribution in [1.82, 2.24) is 0 Å². The van der Waals surface area contributed by atoms with Gasteiger partial charge in [-0.1, -0.05) is 18.2 Å². The number of hydrogen-bond donors (Lipinski definition) is 1. The van der Waals surface area contributed by atoms with Crippen molar-refractivity contribution in [2.75, 3.05) is 11.8 Å². The molecule has 2 aromatic carbocycles. The van der Waals surface area contributed by atoms with E-state index in [1.54, 1.807) is 37.4 Å². The number of anilines is 1. The predicted molar refractivity (Wildman–Crippen MR) is 94.9 cm³/mol. The van der Waals surface area contributed by atoms with Crippen LogP contribution in [0.1, 0.15) is 25.0 Å². The van der Waals surface area contributed by atoms with Gasteiger partial charge in [0.05, 0.1) is 23.3 Å². The maximum absolute atomic E-state index is 12.7. The van der Waals surface area contributed by atoms with E-state index in [0.29, 0.717) is 18.0 Å². The van der Waals surface area contributed by atoms with Gasteiger partial charge in [0, 0.05) is 12.7 Å². The van der Waals surface area contributed by atoms with Gasteiger partial charge in [-0.05, 0) is 50.6 Å². The Labute approximate surface area is 143 Å². The number of rotatable bonds is 7. The van der Waals surface area contributed by atoms with Gasteiger partial charge in [-0.25, -0.2) is 8.42 Å². The number of hydrogen-bond acceptors (Lipinski definition) is 4. The van der Waals surface area contributed by atoms with Crippen molar-refractivity contribution in [2.24, 2.45) is 0 Å². The zero-order valence-corrected chi connectivity index (χ0v) is 15.2. The van der Waals surface area contributed by atoms with Crippen LogP contribution < -0.4 is 9.46 Å². The molecule has 2 rings (SSSR count). The highest BCUT2D eigenvalue weighted by atomic mass is 32.2. The van der Waals surface area contributed by atoms with Gasteiger partial charge in [0.15, 0.2) is 0 Å². The maximum Gasteiger partial charge on any atom is 0.261 e. The lowest BCUT2D eigenvalue weighted by molar-refractivity contribution is 0.185. The van der Waals surface area contributed by atoms with Crippen LogP contribution in [-0.2, 0) is 21.4 Å². The Morgan fingerprint density at radius 3 is 2.46 bits per heavy atom. The third-order valence-electron chi connectivity index (χ3n) is 3.38. The molecule has 0 saturated heterocycles. The first-order valence-corrected chi connectivity index (χ1v) is 9.19. The molecule has 0 aromatic heterocycles. The fourth-order valence-electron chi connectivity index (χ4n) is 2.28. The highest BCUT2D eigenvalue weighted by Crippen LogP contribution is 2.25. The monoisotopic (exact) mass is 349 g/mol. The molecule has 0 heterocycles. The zero-order chi connectivity index (χ0) is 17.7. The molecule has 1 N–H and O–H groups in total. The summed E-state index contributed by atoms with van der Waals surface area (Å²) in [5.41, 5.74) is 2.07. The van der Waals surface area contributed by atoms with Gasteiger partial charge in [-0.15, -0.1) is 0 Å². The van der Waals surface area contributed by atoms with E-state index in [1.165, 1.54) is 0 Å². The van der Waals surface area contributed by atoms with Crippen LogP contribution in [0.5, 0.6) is 5.75 Å². The van der Waals surface area contributed by atoms with Crippen molar-refractivity contribution in [3.8, 4) is 5.75 Å². The smallest absolute Gasteiger partial charge is 0.261 e. The number of para-hydroxylation sites is 1. The maximum atomic E-state index is 12.7. The zero-order valence-electron chi connectivity index (χ0n) is 14.4. The highest BCUT2D eigenvalue weighted by Gasteiger charge is 2.17. The van der Waals surface area contributed by atoms with E-state index in [1.807, 2.05) is 32.9 Å². The van der Waals surface area contributed by atoms with E-state index in [4.69, 9.17) is 9.47 Å². The van der Waals surface area contributed by atoms with Gasteiger partial charge in [0.1, 0.15) is 5.75 Å². The molecule has 5 nitrogen and oxygen atoms in total. The number of benzene rings is 2. The van der Waals surface area contributed by atoms with Gasteiger partial charge in [0.2, 0.25) is 0 Å². The van der Waals surface area contributed by atoms with Gasteiger partial charge in [-0.3, -0.25) is 4.72 Å². The van der Waals surface area contributed by atoms with Crippen LogP contribution in [0.4, 0.5) is 5.69 Å². The minimum atomic E-state index is -3.68. The molecule has 0 aliphatic rings. The largest absolute Gasteiger partial charge is 0.491 e. The molecule has 0 spiro atoms. The summed E-state index contributed by atoms with van der Waals surface area (Å²) in [6.45, 7) is 6.02. The van der Waals surface area contributed by atoms with Crippen LogP contribution in [0.2, 0.25) is 0 Å². The first kappa shape index (κ1) is 18.3. The molecule has 0 aliphatic heterocycles. The van der Waals surface area contributed by atoms with Crippen molar-refractivity contribution >= 4 is 15.7 Å². The average Bonchev–Trinajstić information content (AvgIpc) is 2.51. The van der Waals surface area contributed by atoms with E-state index in [0.717, 1.165) is 11.1 Å². The van der Waals surface area contributed by atoms with Crippen molar-refractivity contribution in [3.05, 3.63) is 53.6 Å².